The summed E-state index contributed by atoms with van der Waals surface area (Å²) in [4.78, 5) is 5.93. The lowest BCUT2D eigenvalue weighted by Crippen LogP contribution is -2.35. The Hall–Kier alpha value is -1.32. The molecule has 0 amide bonds. The molecule has 1 aliphatic heterocycles. The van der Waals surface area contributed by atoms with Gasteiger partial charge in [-0.3, -0.25) is 4.90 Å². The van der Waals surface area contributed by atoms with Gasteiger partial charge in [0.1, 0.15) is 0 Å². The van der Waals surface area contributed by atoms with Crippen LogP contribution in [0.3, 0.4) is 0 Å². The van der Waals surface area contributed by atoms with Crippen molar-refractivity contribution in [1.29, 1.82) is 0 Å². The summed E-state index contributed by atoms with van der Waals surface area (Å²) in [5, 5.41) is 1.30. The van der Waals surface area contributed by atoms with E-state index >= 15 is 0 Å². The molecule has 3 nitrogen and oxygen atoms in total. The summed E-state index contributed by atoms with van der Waals surface area (Å²) in [7, 11) is 0. The molecule has 0 aliphatic carbocycles. The first-order chi connectivity index (χ1) is 8.31. The number of rotatable bonds is 2. The molecule has 1 aliphatic rings. The molecule has 0 atom stereocenters. The van der Waals surface area contributed by atoms with Gasteiger partial charge in [-0.1, -0.05) is 12.1 Å². The van der Waals surface area contributed by atoms with Crippen LogP contribution in [0, 0.1) is 6.92 Å². The van der Waals surface area contributed by atoms with Gasteiger partial charge in [-0.05, 0) is 30.0 Å². The summed E-state index contributed by atoms with van der Waals surface area (Å²) < 4.78 is 5.36. The first-order valence-corrected chi connectivity index (χ1v) is 6.19. The van der Waals surface area contributed by atoms with Crippen molar-refractivity contribution < 1.29 is 4.74 Å². The molecule has 3 rings (SSSR count). The smallest absolute Gasteiger partial charge is 0.0594 e. The van der Waals surface area contributed by atoms with Crippen molar-refractivity contribution in [3.05, 3.63) is 35.5 Å². The Morgan fingerprint density at radius 2 is 2.06 bits per heavy atom. The number of nitrogens with one attached hydrogen (secondary N) is 1. The normalized spacial score (nSPS) is 17.7. The van der Waals surface area contributed by atoms with Crippen molar-refractivity contribution in [2.45, 2.75) is 13.5 Å². The largest absolute Gasteiger partial charge is 0.379 e. The molecule has 0 unspecified atom stereocenters. The number of nitrogens with zero attached hydrogens (tertiary/aromatic N) is 1. The Bertz CT molecular complexity index is 512. The molecule has 1 fully saturated rings. The van der Waals surface area contributed by atoms with E-state index < -0.39 is 0 Å². The number of H-pyrrole nitrogens is 1. The van der Waals surface area contributed by atoms with E-state index in [2.05, 4.69) is 41.1 Å². The monoisotopic (exact) mass is 230 g/mol. The van der Waals surface area contributed by atoms with E-state index in [4.69, 9.17) is 4.74 Å². The van der Waals surface area contributed by atoms with Crippen LogP contribution in [0.5, 0.6) is 0 Å². The van der Waals surface area contributed by atoms with E-state index in [0.29, 0.717) is 0 Å². The highest BCUT2D eigenvalue weighted by Gasteiger charge is 2.11. The molecule has 2 heterocycles. The predicted octanol–water partition coefficient (Wildman–Crippen LogP) is 2.31. The summed E-state index contributed by atoms with van der Waals surface area (Å²) >= 11 is 0. The maximum Gasteiger partial charge on any atom is 0.0594 e. The van der Waals surface area contributed by atoms with Gasteiger partial charge in [0, 0.05) is 30.8 Å². The fraction of sp³-hybridized carbons (Fsp3) is 0.429. The van der Waals surface area contributed by atoms with Crippen molar-refractivity contribution in [3.8, 4) is 0 Å². The van der Waals surface area contributed by atoms with Crippen LogP contribution in [0.4, 0.5) is 0 Å². The summed E-state index contributed by atoms with van der Waals surface area (Å²) in [6, 6.07) is 8.81. The zero-order chi connectivity index (χ0) is 11.7. The molecule has 0 spiro atoms. The second-order valence-electron chi connectivity index (χ2n) is 4.77. The fourth-order valence-electron chi connectivity index (χ4n) is 2.39. The number of aromatic nitrogens is 1. The number of ether oxygens (including phenoxy) is 1. The lowest BCUT2D eigenvalue weighted by atomic mass is 10.2. The van der Waals surface area contributed by atoms with Crippen LogP contribution in [-0.4, -0.2) is 36.2 Å². The van der Waals surface area contributed by atoms with Gasteiger partial charge in [0.25, 0.3) is 0 Å². The third kappa shape index (κ3) is 2.35. The average Bonchev–Trinajstić information content (AvgIpc) is 2.71. The first-order valence-electron chi connectivity index (χ1n) is 6.19. The number of morpholine rings is 1. The van der Waals surface area contributed by atoms with E-state index in [9.17, 15) is 0 Å². The van der Waals surface area contributed by atoms with E-state index in [1.807, 2.05) is 0 Å². The molecule has 90 valence electrons. The van der Waals surface area contributed by atoms with Crippen LogP contribution >= 0.6 is 0 Å². The lowest BCUT2D eigenvalue weighted by Gasteiger charge is -2.25. The highest BCUT2D eigenvalue weighted by atomic mass is 16.5. The number of aryl methyl sites for hydroxylation is 1. The molecule has 0 radical (unpaired) electrons. The van der Waals surface area contributed by atoms with Crippen molar-refractivity contribution in [1.82, 2.24) is 9.88 Å². The van der Waals surface area contributed by atoms with Crippen LogP contribution in [0.2, 0.25) is 0 Å². The van der Waals surface area contributed by atoms with E-state index in [1.165, 1.54) is 22.2 Å². The molecule has 0 bridgehead atoms. The lowest BCUT2D eigenvalue weighted by molar-refractivity contribution is 0.0337. The van der Waals surface area contributed by atoms with Gasteiger partial charge in [-0.15, -0.1) is 0 Å². The maximum absolute atomic E-state index is 5.36. The van der Waals surface area contributed by atoms with Crippen LogP contribution in [0.25, 0.3) is 10.9 Å². The number of fused-ring (bicyclic) bond motifs is 1. The summed E-state index contributed by atoms with van der Waals surface area (Å²) in [5.41, 5.74) is 3.85. The molecule has 0 saturated carbocycles. The topological polar surface area (TPSA) is 28.3 Å². The van der Waals surface area contributed by atoms with E-state index in [0.717, 1.165) is 32.8 Å². The average molecular weight is 230 g/mol. The van der Waals surface area contributed by atoms with Crippen molar-refractivity contribution >= 4 is 10.9 Å². The first kappa shape index (κ1) is 10.8. The molecule has 1 saturated heterocycles. The highest BCUT2D eigenvalue weighted by Crippen LogP contribution is 2.18. The van der Waals surface area contributed by atoms with Gasteiger partial charge in [-0.25, -0.2) is 0 Å². The van der Waals surface area contributed by atoms with Crippen LogP contribution < -0.4 is 0 Å². The standard InChI is InChI=1S/C14H18N2O/c1-11-2-3-12-9-13(15-14(12)8-11)10-16-4-6-17-7-5-16/h2-3,8-9,15H,4-7,10H2,1H3. The number of hydrogen-bond acceptors (Lipinski definition) is 2. The van der Waals surface area contributed by atoms with Gasteiger partial charge in [0.05, 0.1) is 13.2 Å². The van der Waals surface area contributed by atoms with Crippen molar-refractivity contribution in [2.24, 2.45) is 0 Å². The van der Waals surface area contributed by atoms with Crippen LogP contribution in [-0.2, 0) is 11.3 Å². The zero-order valence-electron chi connectivity index (χ0n) is 10.2. The minimum absolute atomic E-state index is 0.860. The Morgan fingerprint density at radius 1 is 1.24 bits per heavy atom. The fourth-order valence-corrected chi connectivity index (χ4v) is 2.39. The minimum atomic E-state index is 0.860. The molecule has 1 aromatic heterocycles. The predicted molar refractivity (Wildman–Crippen MR) is 69.1 cm³/mol. The molecule has 3 heteroatoms. The number of hydrogen-bond donors (Lipinski definition) is 1. The Kier molecular flexibility index (Phi) is 2.87. The summed E-state index contributed by atoms with van der Waals surface area (Å²) in [5.74, 6) is 0. The highest BCUT2D eigenvalue weighted by molar-refractivity contribution is 5.81. The molecule has 1 N–H and O–H groups in total. The van der Waals surface area contributed by atoms with E-state index in [1.54, 1.807) is 0 Å². The Labute approximate surface area is 101 Å². The Balaban J connectivity index is 1.80. The molecular weight excluding hydrogens is 212 g/mol. The van der Waals surface area contributed by atoms with Gasteiger partial charge in [-0.2, -0.15) is 0 Å². The third-order valence-corrected chi connectivity index (χ3v) is 3.33. The van der Waals surface area contributed by atoms with Crippen molar-refractivity contribution in [2.75, 3.05) is 26.3 Å². The second kappa shape index (κ2) is 4.51. The van der Waals surface area contributed by atoms with Gasteiger partial charge >= 0.3 is 0 Å². The SMILES string of the molecule is Cc1ccc2cc(CN3CCOCC3)[nH]c2c1. The summed E-state index contributed by atoms with van der Waals surface area (Å²) in [6.45, 7) is 6.92. The number of aromatic amines is 1. The third-order valence-electron chi connectivity index (χ3n) is 3.33. The van der Waals surface area contributed by atoms with Crippen molar-refractivity contribution in [3.63, 3.8) is 0 Å². The molecule has 17 heavy (non-hydrogen) atoms. The number of benzene rings is 1. The summed E-state index contributed by atoms with van der Waals surface area (Å²) in [6.07, 6.45) is 0. The second-order valence-corrected chi connectivity index (χ2v) is 4.77. The van der Waals surface area contributed by atoms with Gasteiger partial charge in [0.15, 0.2) is 0 Å². The molecule has 2 aromatic rings. The Morgan fingerprint density at radius 3 is 2.88 bits per heavy atom. The molecular formula is C14H18N2O. The van der Waals surface area contributed by atoms with Gasteiger partial charge in [0.2, 0.25) is 0 Å². The molecule has 1 aromatic carbocycles. The minimum Gasteiger partial charge on any atom is -0.379 e. The maximum atomic E-state index is 5.36. The van der Waals surface area contributed by atoms with Gasteiger partial charge < -0.3 is 9.72 Å². The van der Waals surface area contributed by atoms with Crippen LogP contribution in [0.15, 0.2) is 24.3 Å². The van der Waals surface area contributed by atoms with E-state index in [-0.39, 0.29) is 0 Å². The quantitative estimate of drug-likeness (QED) is 0.857. The zero-order valence-corrected chi connectivity index (χ0v) is 10.2. The van der Waals surface area contributed by atoms with Crippen LogP contribution in [0.1, 0.15) is 11.3 Å².